The Hall–Kier alpha value is -2.53. The predicted molar refractivity (Wildman–Crippen MR) is 101 cm³/mol. The van der Waals surface area contributed by atoms with Crippen molar-refractivity contribution in [3.63, 3.8) is 0 Å². The lowest BCUT2D eigenvalue weighted by atomic mass is 10.0. The standard InChI is InChI=1S/C19H21N3O2.ClH/c20-16-8-6-15(7-9-16)19(24)22-12-10-17(11-13-22)21-18(23)14-4-2-1-3-5-14;/h1-9,17H,10-13,20H2,(H,21,23);1H. The van der Waals surface area contributed by atoms with Gasteiger partial charge in [0.15, 0.2) is 0 Å². The number of benzene rings is 2. The van der Waals surface area contributed by atoms with E-state index >= 15 is 0 Å². The van der Waals surface area contributed by atoms with E-state index in [9.17, 15) is 9.59 Å². The molecule has 1 aliphatic heterocycles. The molecule has 132 valence electrons. The fraction of sp³-hybridized carbons (Fsp3) is 0.263. The number of nitrogens with one attached hydrogen (secondary N) is 1. The topological polar surface area (TPSA) is 75.4 Å². The Kier molecular flexibility index (Phi) is 6.42. The summed E-state index contributed by atoms with van der Waals surface area (Å²) in [5.74, 6) is -0.0400. The average Bonchev–Trinajstić information content (AvgIpc) is 2.63. The molecule has 6 heteroatoms. The van der Waals surface area contributed by atoms with Crippen LogP contribution in [0, 0.1) is 0 Å². The summed E-state index contributed by atoms with van der Waals surface area (Å²) in [7, 11) is 0. The lowest BCUT2D eigenvalue weighted by molar-refractivity contribution is 0.0698. The van der Waals surface area contributed by atoms with Gasteiger partial charge in [-0.05, 0) is 49.2 Å². The second-order valence-corrected chi connectivity index (χ2v) is 6.03. The van der Waals surface area contributed by atoms with Gasteiger partial charge in [0.1, 0.15) is 0 Å². The Bertz CT molecular complexity index is 711. The average molecular weight is 360 g/mol. The number of carbonyl (C=O) groups is 2. The van der Waals surface area contributed by atoms with Crippen LogP contribution in [0.25, 0.3) is 0 Å². The van der Waals surface area contributed by atoms with E-state index in [1.165, 1.54) is 0 Å². The molecule has 0 bridgehead atoms. The first-order chi connectivity index (χ1) is 11.6. The largest absolute Gasteiger partial charge is 0.399 e. The van der Waals surface area contributed by atoms with E-state index in [4.69, 9.17) is 5.73 Å². The van der Waals surface area contributed by atoms with Gasteiger partial charge in [-0.25, -0.2) is 0 Å². The van der Waals surface area contributed by atoms with E-state index in [0.717, 1.165) is 12.8 Å². The zero-order chi connectivity index (χ0) is 16.9. The molecule has 1 aliphatic rings. The number of hydrogen-bond acceptors (Lipinski definition) is 3. The van der Waals surface area contributed by atoms with E-state index in [1.54, 1.807) is 36.4 Å². The molecule has 1 fully saturated rings. The predicted octanol–water partition coefficient (Wildman–Crippen LogP) is 2.73. The summed E-state index contributed by atoms with van der Waals surface area (Å²) in [6, 6.07) is 16.3. The SMILES string of the molecule is Cl.Nc1ccc(C(=O)N2CCC(NC(=O)c3ccccc3)CC2)cc1. The summed E-state index contributed by atoms with van der Waals surface area (Å²) < 4.78 is 0. The Morgan fingerprint density at radius 2 is 1.52 bits per heavy atom. The number of hydrogen-bond donors (Lipinski definition) is 2. The summed E-state index contributed by atoms with van der Waals surface area (Å²) in [6.07, 6.45) is 1.53. The molecule has 25 heavy (non-hydrogen) atoms. The van der Waals surface area contributed by atoms with Crippen LogP contribution in [0.4, 0.5) is 5.69 Å². The van der Waals surface area contributed by atoms with Crippen molar-refractivity contribution in [2.45, 2.75) is 18.9 Å². The molecular weight excluding hydrogens is 338 g/mol. The smallest absolute Gasteiger partial charge is 0.253 e. The number of rotatable bonds is 3. The number of nitrogens with two attached hydrogens (primary N) is 1. The van der Waals surface area contributed by atoms with Gasteiger partial charge in [-0.15, -0.1) is 12.4 Å². The van der Waals surface area contributed by atoms with Crippen LogP contribution >= 0.6 is 12.4 Å². The molecule has 3 N–H and O–H groups in total. The van der Waals surface area contributed by atoms with Crippen molar-refractivity contribution in [3.8, 4) is 0 Å². The van der Waals surface area contributed by atoms with Crippen molar-refractivity contribution >= 4 is 29.9 Å². The molecule has 2 aromatic rings. The zero-order valence-corrected chi connectivity index (χ0v) is 14.7. The van der Waals surface area contributed by atoms with Gasteiger partial charge in [-0.1, -0.05) is 18.2 Å². The van der Waals surface area contributed by atoms with Crippen molar-refractivity contribution in [1.29, 1.82) is 0 Å². The molecule has 5 nitrogen and oxygen atoms in total. The molecule has 3 rings (SSSR count). The van der Waals surface area contributed by atoms with E-state index in [-0.39, 0.29) is 30.3 Å². The molecule has 1 heterocycles. The second-order valence-electron chi connectivity index (χ2n) is 6.03. The summed E-state index contributed by atoms with van der Waals surface area (Å²) in [5, 5.41) is 3.05. The second kappa shape index (κ2) is 8.53. The lowest BCUT2D eigenvalue weighted by Gasteiger charge is -2.32. The molecule has 0 aliphatic carbocycles. The first-order valence-electron chi connectivity index (χ1n) is 8.14. The number of likely N-dealkylation sites (tertiary alicyclic amines) is 1. The van der Waals surface area contributed by atoms with Crippen LogP contribution in [-0.2, 0) is 0 Å². The third-order valence-corrected chi connectivity index (χ3v) is 4.31. The molecule has 1 saturated heterocycles. The maximum Gasteiger partial charge on any atom is 0.253 e. The Balaban J connectivity index is 0.00000225. The number of nitrogen functional groups attached to an aromatic ring is 1. The highest BCUT2D eigenvalue weighted by molar-refractivity contribution is 5.95. The minimum absolute atomic E-state index is 0. The van der Waals surface area contributed by atoms with Crippen molar-refractivity contribution in [2.24, 2.45) is 0 Å². The van der Waals surface area contributed by atoms with Crippen LogP contribution < -0.4 is 11.1 Å². The van der Waals surface area contributed by atoms with Gasteiger partial charge in [-0.2, -0.15) is 0 Å². The molecule has 2 aromatic carbocycles. The fourth-order valence-corrected chi connectivity index (χ4v) is 2.89. The Labute approximate surface area is 153 Å². The van der Waals surface area contributed by atoms with Crippen molar-refractivity contribution in [3.05, 3.63) is 65.7 Å². The van der Waals surface area contributed by atoms with Crippen LogP contribution in [0.2, 0.25) is 0 Å². The third kappa shape index (κ3) is 4.73. The van der Waals surface area contributed by atoms with E-state index in [0.29, 0.717) is 29.9 Å². The van der Waals surface area contributed by atoms with Gasteiger partial charge in [0, 0.05) is 35.9 Å². The minimum atomic E-state index is -0.0566. The molecule has 0 saturated carbocycles. The monoisotopic (exact) mass is 359 g/mol. The van der Waals surface area contributed by atoms with Crippen LogP contribution in [-0.4, -0.2) is 35.8 Å². The number of amides is 2. The molecule has 2 amide bonds. The maximum atomic E-state index is 12.5. The highest BCUT2D eigenvalue weighted by Gasteiger charge is 2.24. The third-order valence-electron chi connectivity index (χ3n) is 4.31. The summed E-state index contributed by atoms with van der Waals surface area (Å²) in [5.41, 5.74) is 7.61. The highest BCUT2D eigenvalue weighted by Crippen LogP contribution is 2.15. The van der Waals surface area contributed by atoms with Crippen LogP contribution in [0.15, 0.2) is 54.6 Å². The zero-order valence-electron chi connectivity index (χ0n) is 13.9. The molecule has 0 aromatic heterocycles. The van der Waals surface area contributed by atoms with E-state index < -0.39 is 0 Å². The van der Waals surface area contributed by atoms with Crippen molar-refractivity contribution in [1.82, 2.24) is 10.2 Å². The molecule has 0 unspecified atom stereocenters. The first-order valence-corrected chi connectivity index (χ1v) is 8.14. The van der Waals surface area contributed by atoms with E-state index in [2.05, 4.69) is 5.32 Å². The summed E-state index contributed by atoms with van der Waals surface area (Å²) in [4.78, 5) is 26.5. The molecule has 0 spiro atoms. The first kappa shape index (κ1) is 18.8. The number of anilines is 1. The van der Waals surface area contributed by atoms with Crippen molar-refractivity contribution < 1.29 is 9.59 Å². The van der Waals surface area contributed by atoms with Crippen LogP contribution in [0.1, 0.15) is 33.6 Å². The lowest BCUT2D eigenvalue weighted by Crippen LogP contribution is -2.46. The normalized spacial score (nSPS) is 14.5. The van der Waals surface area contributed by atoms with Gasteiger partial charge in [0.2, 0.25) is 0 Å². The van der Waals surface area contributed by atoms with Crippen molar-refractivity contribution in [2.75, 3.05) is 18.8 Å². The summed E-state index contributed by atoms with van der Waals surface area (Å²) >= 11 is 0. The van der Waals surface area contributed by atoms with Gasteiger partial charge < -0.3 is 16.0 Å². The molecular formula is C19H22ClN3O2. The fourth-order valence-electron chi connectivity index (χ4n) is 2.89. The number of piperidine rings is 1. The number of carbonyl (C=O) groups excluding carboxylic acids is 2. The molecule has 0 atom stereocenters. The Morgan fingerprint density at radius 1 is 0.920 bits per heavy atom. The van der Waals surface area contributed by atoms with Crippen LogP contribution in [0.3, 0.4) is 0 Å². The summed E-state index contributed by atoms with van der Waals surface area (Å²) in [6.45, 7) is 1.28. The quantitative estimate of drug-likeness (QED) is 0.827. The number of halogens is 1. The molecule has 0 radical (unpaired) electrons. The minimum Gasteiger partial charge on any atom is -0.399 e. The van der Waals surface area contributed by atoms with Gasteiger partial charge in [0.25, 0.3) is 11.8 Å². The van der Waals surface area contributed by atoms with Gasteiger partial charge >= 0.3 is 0 Å². The van der Waals surface area contributed by atoms with Crippen LogP contribution in [0.5, 0.6) is 0 Å². The Morgan fingerprint density at radius 3 is 2.12 bits per heavy atom. The van der Waals surface area contributed by atoms with E-state index in [1.807, 2.05) is 23.1 Å². The van der Waals surface area contributed by atoms with Gasteiger partial charge in [-0.3, -0.25) is 9.59 Å². The highest BCUT2D eigenvalue weighted by atomic mass is 35.5. The van der Waals surface area contributed by atoms with Gasteiger partial charge in [0.05, 0.1) is 0 Å². The maximum absolute atomic E-state index is 12.5. The number of nitrogens with zero attached hydrogens (tertiary/aromatic N) is 1.